The molecule has 0 radical (unpaired) electrons. The van der Waals surface area contributed by atoms with Crippen LogP contribution in [0.3, 0.4) is 0 Å². The molecule has 1 rings (SSSR count). The highest BCUT2D eigenvalue weighted by Crippen LogP contribution is 2.10. The molecule has 6 heteroatoms. The van der Waals surface area contributed by atoms with E-state index in [1.807, 2.05) is 0 Å². The van der Waals surface area contributed by atoms with Crippen molar-refractivity contribution in [2.24, 2.45) is 0 Å². The first kappa shape index (κ1) is 10.2. The predicted octanol–water partition coefficient (Wildman–Crippen LogP) is 1.28. The average molecular weight is 207 g/mol. The van der Waals surface area contributed by atoms with Crippen LogP contribution in [0.4, 0.5) is 8.78 Å². The summed E-state index contributed by atoms with van der Waals surface area (Å²) in [5, 5.41) is 0. The van der Waals surface area contributed by atoms with E-state index in [0.717, 1.165) is 18.2 Å². The van der Waals surface area contributed by atoms with Gasteiger partial charge in [0, 0.05) is 5.56 Å². The molecule has 0 heterocycles. The Balaban J connectivity index is 2.75. The standard InChI is InChI=1S/C7H6F2O3S/c8-6-1-2-7(9)5(3-6)4-12-13(10)11/h1-3H,4H2,(H,10,11)/p-1. The van der Waals surface area contributed by atoms with E-state index in [4.69, 9.17) is 0 Å². The van der Waals surface area contributed by atoms with Crippen LogP contribution in [0.5, 0.6) is 0 Å². The highest BCUT2D eigenvalue weighted by molar-refractivity contribution is 7.74. The average Bonchev–Trinajstić information content (AvgIpc) is 2.06. The van der Waals surface area contributed by atoms with Crippen LogP contribution in [0.1, 0.15) is 5.56 Å². The summed E-state index contributed by atoms with van der Waals surface area (Å²) in [7, 11) is 0. The summed E-state index contributed by atoms with van der Waals surface area (Å²) in [5.74, 6) is -1.34. The molecule has 0 aliphatic carbocycles. The maximum absolute atomic E-state index is 12.8. The van der Waals surface area contributed by atoms with Gasteiger partial charge in [0.25, 0.3) is 0 Å². The molecule has 0 fully saturated rings. The van der Waals surface area contributed by atoms with Crippen molar-refractivity contribution in [3.05, 3.63) is 35.4 Å². The molecular weight excluding hydrogens is 202 g/mol. The van der Waals surface area contributed by atoms with Gasteiger partial charge in [0.1, 0.15) is 11.6 Å². The van der Waals surface area contributed by atoms with Crippen LogP contribution in [-0.4, -0.2) is 8.76 Å². The first-order valence-corrected chi connectivity index (χ1v) is 4.26. The SMILES string of the molecule is O=S([O-])OCc1cc(F)ccc1F. The molecule has 1 unspecified atom stereocenters. The van der Waals surface area contributed by atoms with Crippen LogP contribution < -0.4 is 0 Å². The maximum Gasteiger partial charge on any atom is 0.128 e. The molecule has 1 atom stereocenters. The van der Waals surface area contributed by atoms with Gasteiger partial charge >= 0.3 is 0 Å². The summed E-state index contributed by atoms with van der Waals surface area (Å²) in [4.78, 5) is 0. The molecule has 3 nitrogen and oxygen atoms in total. The van der Waals surface area contributed by atoms with Crippen molar-refractivity contribution in [2.75, 3.05) is 0 Å². The van der Waals surface area contributed by atoms with E-state index < -0.39 is 29.6 Å². The summed E-state index contributed by atoms with van der Waals surface area (Å²) in [6, 6.07) is 2.72. The second-order valence-corrected chi connectivity index (χ2v) is 2.85. The van der Waals surface area contributed by atoms with E-state index in [1.165, 1.54) is 0 Å². The van der Waals surface area contributed by atoms with Gasteiger partial charge in [-0.05, 0) is 18.2 Å². The van der Waals surface area contributed by atoms with Crippen LogP contribution in [0.2, 0.25) is 0 Å². The van der Waals surface area contributed by atoms with Crippen LogP contribution in [0.25, 0.3) is 0 Å². The summed E-state index contributed by atoms with van der Waals surface area (Å²) >= 11 is -2.72. The molecular formula is C7H5F2O3S-. The lowest BCUT2D eigenvalue weighted by Crippen LogP contribution is -1.99. The lowest BCUT2D eigenvalue weighted by atomic mass is 10.2. The highest BCUT2D eigenvalue weighted by atomic mass is 32.2. The maximum atomic E-state index is 12.8. The van der Waals surface area contributed by atoms with E-state index >= 15 is 0 Å². The van der Waals surface area contributed by atoms with Crippen molar-refractivity contribution >= 4 is 11.4 Å². The van der Waals surface area contributed by atoms with Gasteiger partial charge in [0.2, 0.25) is 0 Å². The van der Waals surface area contributed by atoms with E-state index in [2.05, 4.69) is 4.18 Å². The molecule has 0 bridgehead atoms. The lowest BCUT2D eigenvalue weighted by Gasteiger charge is -2.06. The Morgan fingerprint density at radius 2 is 2.15 bits per heavy atom. The molecule has 0 aliphatic heterocycles. The number of halogens is 2. The Morgan fingerprint density at radius 3 is 2.77 bits per heavy atom. The Bertz CT molecular complexity index is 330. The van der Waals surface area contributed by atoms with Crippen molar-refractivity contribution in [3.63, 3.8) is 0 Å². The van der Waals surface area contributed by atoms with E-state index in [0.29, 0.717) is 0 Å². The first-order valence-electron chi connectivity index (χ1n) is 3.26. The molecule has 72 valence electrons. The van der Waals surface area contributed by atoms with Gasteiger partial charge in [0.15, 0.2) is 0 Å². The minimum absolute atomic E-state index is 0.135. The van der Waals surface area contributed by atoms with Crippen molar-refractivity contribution < 1.29 is 21.7 Å². The van der Waals surface area contributed by atoms with Crippen molar-refractivity contribution in [1.82, 2.24) is 0 Å². The van der Waals surface area contributed by atoms with E-state index in [9.17, 15) is 17.5 Å². The third kappa shape index (κ3) is 3.17. The third-order valence-electron chi connectivity index (χ3n) is 1.32. The predicted molar refractivity (Wildman–Crippen MR) is 40.1 cm³/mol. The Kier molecular flexibility index (Phi) is 3.47. The van der Waals surface area contributed by atoms with Crippen molar-refractivity contribution in [3.8, 4) is 0 Å². The zero-order valence-electron chi connectivity index (χ0n) is 6.33. The van der Waals surface area contributed by atoms with Crippen molar-refractivity contribution in [2.45, 2.75) is 6.61 Å². The summed E-state index contributed by atoms with van der Waals surface area (Å²) in [6.45, 7) is -0.500. The Morgan fingerprint density at radius 1 is 1.46 bits per heavy atom. The van der Waals surface area contributed by atoms with Gasteiger partial charge in [0.05, 0.1) is 18.0 Å². The molecule has 13 heavy (non-hydrogen) atoms. The number of rotatable bonds is 3. The fourth-order valence-electron chi connectivity index (χ4n) is 0.766. The van der Waals surface area contributed by atoms with Gasteiger partial charge in [-0.2, -0.15) is 0 Å². The number of hydrogen-bond acceptors (Lipinski definition) is 3. The quantitative estimate of drug-likeness (QED) is 0.701. The zero-order valence-corrected chi connectivity index (χ0v) is 7.14. The van der Waals surface area contributed by atoms with Crippen molar-refractivity contribution in [1.29, 1.82) is 0 Å². The molecule has 0 spiro atoms. The van der Waals surface area contributed by atoms with E-state index in [-0.39, 0.29) is 5.56 Å². The largest absolute Gasteiger partial charge is 0.750 e. The van der Waals surface area contributed by atoms with Crippen LogP contribution in [-0.2, 0) is 22.2 Å². The second kappa shape index (κ2) is 4.40. The third-order valence-corrected chi connectivity index (χ3v) is 1.63. The second-order valence-electron chi connectivity index (χ2n) is 2.20. The molecule has 0 saturated carbocycles. The lowest BCUT2D eigenvalue weighted by molar-refractivity contribution is 0.285. The van der Waals surface area contributed by atoms with Gasteiger partial charge in [-0.3, -0.25) is 4.18 Å². The summed E-state index contributed by atoms with van der Waals surface area (Å²) < 4.78 is 49.2. The van der Waals surface area contributed by atoms with Gasteiger partial charge in [-0.25, -0.2) is 13.0 Å². The topological polar surface area (TPSA) is 49.4 Å². The van der Waals surface area contributed by atoms with Crippen LogP contribution >= 0.6 is 0 Å². The van der Waals surface area contributed by atoms with E-state index in [1.54, 1.807) is 0 Å². The molecule has 1 aromatic carbocycles. The minimum Gasteiger partial charge on any atom is -0.750 e. The van der Waals surface area contributed by atoms with Crippen LogP contribution in [0.15, 0.2) is 18.2 Å². The fourth-order valence-corrected chi connectivity index (χ4v) is 0.989. The van der Waals surface area contributed by atoms with Gasteiger partial charge in [-0.1, -0.05) is 0 Å². The first-order chi connectivity index (χ1) is 6.09. The smallest absolute Gasteiger partial charge is 0.128 e. The van der Waals surface area contributed by atoms with Gasteiger partial charge < -0.3 is 4.55 Å². The van der Waals surface area contributed by atoms with Gasteiger partial charge in [-0.15, -0.1) is 0 Å². The summed E-state index contributed by atoms with van der Waals surface area (Å²) in [6.07, 6.45) is 0. The number of benzene rings is 1. The molecule has 0 saturated heterocycles. The molecule has 0 N–H and O–H groups in total. The van der Waals surface area contributed by atoms with Crippen LogP contribution in [0, 0.1) is 11.6 Å². The summed E-state index contributed by atoms with van der Waals surface area (Å²) in [5.41, 5.74) is -0.135. The number of hydrogen-bond donors (Lipinski definition) is 0. The molecule has 1 aromatic rings. The fraction of sp³-hybridized carbons (Fsp3) is 0.143. The highest BCUT2D eigenvalue weighted by Gasteiger charge is 2.03. The Labute approximate surface area is 75.8 Å². The monoisotopic (exact) mass is 207 g/mol. The zero-order chi connectivity index (χ0) is 9.84. The Hall–Kier alpha value is -0.850. The molecule has 0 amide bonds. The molecule has 0 aliphatic rings. The minimum atomic E-state index is -2.72. The normalized spacial score (nSPS) is 12.8. The molecule has 0 aromatic heterocycles.